The minimum atomic E-state index is -0.272. The molecule has 0 fully saturated rings. The maximum absolute atomic E-state index is 12.2. The molecule has 0 atom stereocenters. The van der Waals surface area contributed by atoms with Gasteiger partial charge in [0.05, 0.1) is 15.6 Å². The first kappa shape index (κ1) is 19.3. The van der Waals surface area contributed by atoms with E-state index in [9.17, 15) is 4.79 Å². The number of hydrogen-bond acceptors (Lipinski definition) is 4. The largest absolute Gasteiger partial charge is 0.484 e. The second kappa shape index (κ2) is 8.15. The SMILES string of the molecule is Cc1ccc(OCC(=O)Nc2ccc3oc(-c4cccc(Cl)c4Cl)nc3c2)cc1. The number of amides is 1. The van der Waals surface area contributed by atoms with E-state index in [-0.39, 0.29) is 12.5 Å². The summed E-state index contributed by atoms with van der Waals surface area (Å²) in [6.07, 6.45) is 0. The number of benzene rings is 3. The lowest BCUT2D eigenvalue weighted by Gasteiger charge is -2.07. The molecule has 0 saturated carbocycles. The molecular weight excluding hydrogens is 411 g/mol. The monoisotopic (exact) mass is 426 g/mol. The minimum absolute atomic E-state index is 0.0940. The van der Waals surface area contributed by atoms with Crippen LogP contribution in [0, 0.1) is 6.92 Å². The van der Waals surface area contributed by atoms with E-state index in [0.717, 1.165) is 5.56 Å². The Labute approximate surface area is 177 Å². The molecule has 1 heterocycles. The lowest BCUT2D eigenvalue weighted by Crippen LogP contribution is -2.20. The number of halogens is 2. The number of nitrogens with one attached hydrogen (secondary N) is 1. The maximum atomic E-state index is 12.2. The predicted molar refractivity (Wildman–Crippen MR) is 115 cm³/mol. The summed E-state index contributed by atoms with van der Waals surface area (Å²) >= 11 is 12.3. The summed E-state index contributed by atoms with van der Waals surface area (Å²) in [5.41, 5.74) is 3.49. The Balaban J connectivity index is 1.48. The van der Waals surface area contributed by atoms with Crippen molar-refractivity contribution in [1.82, 2.24) is 4.98 Å². The fourth-order valence-electron chi connectivity index (χ4n) is 2.77. The molecule has 4 aromatic rings. The molecule has 0 bridgehead atoms. The summed E-state index contributed by atoms with van der Waals surface area (Å²) in [7, 11) is 0. The third-order valence-corrected chi connectivity index (χ3v) is 5.06. The molecule has 0 spiro atoms. The van der Waals surface area contributed by atoms with Crippen LogP contribution in [0.1, 0.15) is 5.56 Å². The van der Waals surface area contributed by atoms with Crippen LogP contribution in [-0.2, 0) is 4.79 Å². The number of nitrogens with zero attached hydrogens (tertiary/aromatic N) is 1. The average Bonchev–Trinajstić information content (AvgIpc) is 3.13. The van der Waals surface area contributed by atoms with Gasteiger partial charge in [-0.25, -0.2) is 4.98 Å². The van der Waals surface area contributed by atoms with Gasteiger partial charge in [0.15, 0.2) is 12.2 Å². The Morgan fingerprint density at radius 3 is 2.69 bits per heavy atom. The highest BCUT2D eigenvalue weighted by molar-refractivity contribution is 6.43. The highest BCUT2D eigenvalue weighted by atomic mass is 35.5. The van der Waals surface area contributed by atoms with E-state index in [2.05, 4.69) is 10.3 Å². The van der Waals surface area contributed by atoms with Crippen molar-refractivity contribution in [3.05, 3.63) is 76.3 Å². The van der Waals surface area contributed by atoms with E-state index in [1.165, 1.54) is 0 Å². The zero-order valence-corrected chi connectivity index (χ0v) is 16.9. The first-order chi connectivity index (χ1) is 14.0. The highest BCUT2D eigenvalue weighted by Crippen LogP contribution is 2.34. The summed E-state index contributed by atoms with van der Waals surface area (Å²) < 4.78 is 11.3. The number of aromatic nitrogens is 1. The second-order valence-corrected chi connectivity index (χ2v) is 7.24. The van der Waals surface area contributed by atoms with Crippen molar-refractivity contribution in [3.8, 4) is 17.2 Å². The quantitative estimate of drug-likeness (QED) is 0.416. The number of fused-ring (bicyclic) bond motifs is 1. The molecule has 29 heavy (non-hydrogen) atoms. The van der Waals surface area contributed by atoms with Crippen molar-refractivity contribution in [1.29, 1.82) is 0 Å². The van der Waals surface area contributed by atoms with Gasteiger partial charge in [0.25, 0.3) is 5.91 Å². The van der Waals surface area contributed by atoms with E-state index in [4.69, 9.17) is 32.4 Å². The number of hydrogen-bond donors (Lipinski definition) is 1. The number of anilines is 1. The summed E-state index contributed by atoms with van der Waals surface area (Å²) in [6.45, 7) is 1.89. The van der Waals surface area contributed by atoms with Crippen molar-refractivity contribution in [3.63, 3.8) is 0 Å². The Bertz CT molecular complexity index is 1190. The van der Waals surface area contributed by atoms with Crippen LogP contribution in [0.3, 0.4) is 0 Å². The van der Waals surface area contributed by atoms with Crippen LogP contribution in [0.2, 0.25) is 10.0 Å². The lowest BCUT2D eigenvalue weighted by atomic mass is 10.2. The fourth-order valence-corrected chi connectivity index (χ4v) is 3.15. The first-order valence-electron chi connectivity index (χ1n) is 8.84. The van der Waals surface area contributed by atoms with Crippen LogP contribution >= 0.6 is 23.2 Å². The molecule has 0 unspecified atom stereocenters. The lowest BCUT2D eigenvalue weighted by molar-refractivity contribution is -0.118. The zero-order valence-electron chi connectivity index (χ0n) is 15.4. The van der Waals surface area contributed by atoms with Gasteiger partial charge >= 0.3 is 0 Å². The molecule has 1 aromatic heterocycles. The second-order valence-electron chi connectivity index (χ2n) is 6.45. The molecule has 0 aliphatic heterocycles. The van der Waals surface area contributed by atoms with E-state index in [0.29, 0.717) is 44.0 Å². The van der Waals surface area contributed by atoms with E-state index in [1.807, 2.05) is 31.2 Å². The van der Waals surface area contributed by atoms with E-state index < -0.39 is 0 Å². The standard InChI is InChI=1S/C22H16Cl2N2O3/c1-13-5-8-15(9-6-13)28-12-20(27)25-14-7-10-19-18(11-14)26-22(29-19)16-3-2-4-17(23)21(16)24/h2-11H,12H2,1H3,(H,25,27). The Morgan fingerprint density at radius 1 is 1.10 bits per heavy atom. The van der Waals surface area contributed by atoms with Crippen molar-refractivity contribution in [2.75, 3.05) is 11.9 Å². The topological polar surface area (TPSA) is 64.4 Å². The number of aryl methyl sites for hydroxylation is 1. The number of ether oxygens (including phenoxy) is 1. The number of carbonyl (C=O) groups excluding carboxylic acids is 1. The summed E-state index contributed by atoms with van der Waals surface area (Å²) in [6, 6.07) is 18.0. The third kappa shape index (κ3) is 4.36. The molecule has 0 saturated heterocycles. The van der Waals surface area contributed by atoms with Crippen LogP contribution in [0.15, 0.2) is 65.1 Å². The van der Waals surface area contributed by atoms with Crippen LogP contribution in [0.5, 0.6) is 5.75 Å². The third-order valence-electron chi connectivity index (χ3n) is 4.24. The van der Waals surface area contributed by atoms with Gasteiger partial charge in [0, 0.05) is 5.69 Å². The molecule has 5 nitrogen and oxygen atoms in total. The Hall–Kier alpha value is -3.02. The molecule has 146 valence electrons. The molecule has 1 N–H and O–H groups in total. The Kier molecular flexibility index (Phi) is 5.43. The van der Waals surface area contributed by atoms with Crippen molar-refractivity contribution >= 4 is 45.9 Å². The first-order valence-corrected chi connectivity index (χ1v) is 9.59. The molecule has 4 rings (SSSR count). The van der Waals surface area contributed by atoms with Crippen LogP contribution in [-0.4, -0.2) is 17.5 Å². The van der Waals surface area contributed by atoms with Gasteiger partial charge < -0.3 is 14.5 Å². The molecule has 0 radical (unpaired) electrons. The van der Waals surface area contributed by atoms with Gasteiger partial charge in [0.2, 0.25) is 5.89 Å². The molecule has 0 aliphatic rings. The van der Waals surface area contributed by atoms with Crippen LogP contribution < -0.4 is 10.1 Å². The van der Waals surface area contributed by atoms with Crippen molar-refractivity contribution < 1.29 is 13.9 Å². The smallest absolute Gasteiger partial charge is 0.262 e. The fraction of sp³-hybridized carbons (Fsp3) is 0.0909. The molecule has 3 aromatic carbocycles. The molecular formula is C22H16Cl2N2O3. The van der Waals surface area contributed by atoms with Crippen LogP contribution in [0.25, 0.3) is 22.6 Å². The zero-order chi connectivity index (χ0) is 20.4. The minimum Gasteiger partial charge on any atom is -0.484 e. The number of carbonyl (C=O) groups is 1. The summed E-state index contributed by atoms with van der Waals surface area (Å²) in [5, 5.41) is 3.59. The maximum Gasteiger partial charge on any atom is 0.262 e. The van der Waals surface area contributed by atoms with Gasteiger partial charge in [-0.3, -0.25) is 4.79 Å². The Morgan fingerprint density at radius 2 is 1.90 bits per heavy atom. The predicted octanol–water partition coefficient (Wildman–Crippen LogP) is 6.13. The number of rotatable bonds is 5. The van der Waals surface area contributed by atoms with Gasteiger partial charge in [0.1, 0.15) is 11.3 Å². The van der Waals surface area contributed by atoms with E-state index in [1.54, 1.807) is 36.4 Å². The van der Waals surface area contributed by atoms with E-state index >= 15 is 0 Å². The molecule has 0 aliphatic carbocycles. The molecule has 7 heteroatoms. The van der Waals surface area contributed by atoms with Gasteiger partial charge in [-0.1, -0.05) is 47.0 Å². The summed E-state index contributed by atoms with van der Waals surface area (Å²) in [5.74, 6) is 0.728. The van der Waals surface area contributed by atoms with Gasteiger partial charge in [-0.05, 0) is 49.4 Å². The number of oxazole rings is 1. The average molecular weight is 427 g/mol. The van der Waals surface area contributed by atoms with Gasteiger partial charge in [-0.2, -0.15) is 0 Å². The highest BCUT2D eigenvalue weighted by Gasteiger charge is 2.14. The normalized spacial score (nSPS) is 10.9. The van der Waals surface area contributed by atoms with Crippen LogP contribution in [0.4, 0.5) is 5.69 Å². The van der Waals surface area contributed by atoms with Crippen molar-refractivity contribution in [2.24, 2.45) is 0 Å². The van der Waals surface area contributed by atoms with Gasteiger partial charge in [-0.15, -0.1) is 0 Å². The van der Waals surface area contributed by atoms with Crippen molar-refractivity contribution in [2.45, 2.75) is 6.92 Å². The summed E-state index contributed by atoms with van der Waals surface area (Å²) in [4.78, 5) is 16.6. The molecule has 1 amide bonds.